The molecular weight excluding hydrogens is 386 g/mol. The van der Waals surface area contributed by atoms with Crippen LogP contribution in [0.25, 0.3) is 5.69 Å². The number of ether oxygens (including phenoxy) is 1. The van der Waals surface area contributed by atoms with Crippen molar-refractivity contribution in [1.82, 2.24) is 9.36 Å². The first kappa shape index (κ1) is 20.8. The van der Waals surface area contributed by atoms with E-state index in [1.165, 1.54) is 35.9 Å². The Kier molecular flexibility index (Phi) is 5.96. The number of carbonyl (C=O) groups excluding carboxylic acids is 3. The summed E-state index contributed by atoms with van der Waals surface area (Å²) < 4.78 is 8.27. The molecular formula is C22H21N3O5. The largest absolute Gasteiger partial charge is 0.449 e. The first-order valence-corrected chi connectivity index (χ1v) is 9.24. The molecule has 0 saturated heterocycles. The smallest absolute Gasteiger partial charge is 0.338 e. The van der Waals surface area contributed by atoms with Crippen LogP contribution in [-0.4, -0.2) is 33.6 Å². The summed E-state index contributed by atoms with van der Waals surface area (Å²) in [6.07, 6.45) is -0.470. The predicted molar refractivity (Wildman–Crippen MR) is 111 cm³/mol. The van der Waals surface area contributed by atoms with E-state index in [-0.39, 0.29) is 11.3 Å². The molecule has 1 aromatic heterocycles. The van der Waals surface area contributed by atoms with Gasteiger partial charge in [0.2, 0.25) is 0 Å². The first-order valence-electron chi connectivity index (χ1n) is 9.24. The Hall–Kier alpha value is -3.94. The summed E-state index contributed by atoms with van der Waals surface area (Å²) in [6, 6.07) is 14.9. The summed E-state index contributed by atoms with van der Waals surface area (Å²) >= 11 is 0. The average Bonchev–Trinajstić information content (AvgIpc) is 2.97. The normalized spacial score (nSPS) is 11.6. The molecule has 0 saturated carbocycles. The fraction of sp³-hybridized carbons (Fsp3) is 0.182. The van der Waals surface area contributed by atoms with Gasteiger partial charge in [-0.25, -0.2) is 9.48 Å². The number of rotatable bonds is 6. The highest BCUT2D eigenvalue weighted by atomic mass is 16.5. The van der Waals surface area contributed by atoms with Crippen LogP contribution in [0.5, 0.6) is 0 Å². The summed E-state index contributed by atoms with van der Waals surface area (Å²) in [6.45, 7) is 3.13. The van der Waals surface area contributed by atoms with Crippen molar-refractivity contribution in [2.75, 3.05) is 5.32 Å². The zero-order valence-corrected chi connectivity index (χ0v) is 16.8. The lowest BCUT2D eigenvalue weighted by Gasteiger charge is -2.13. The molecule has 8 nitrogen and oxygen atoms in total. The van der Waals surface area contributed by atoms with Gasteiger partial charge in [-0.05, 0) is 38.1 Å². The zero-order valence-electron chi connectivity index (χ0n) is 16.8. The van der Waals surface area contributed by atoms with Gasteiger partial charge in [0, 0.05) is 12.6 Å². The zero-order chi connectivity index (χ0) is 21.8. The number of anilines is 1. The number of hydrogen-bond donors (Lipinski definition) is 1. The molecule has 0 bridgehead atoms. The van der Waals surface area contributed by atoms with Crippen molar-refractivity contribution in [3.05, 3.63) is 81.8 Å². The van der Waals surface area contributed by atoms with Gasteiger partial charge in [0.25, 0.3) is 11.5 Å². The minimum absolute atomic E-state index is 0.115. The van der Waals surface area contributed by atoms with Crippen molar-refractivity contribution in [3.8, 4) is 5.69 Å². The van der Waals surface area contributed by atoms with E-state index in [0.717, 1.165) is 0 Å². The third-order valence-corrected chi connectivity index (χ3v) is 4.74. The standard InChI is InChI=1S/C22H21N3O5/c1-14-19(21(28)25(24(14)3)18-7-5-4-6-8-18)23-20(27)15(2)30-22(29)17-11-9-16(13-26)10-12-17/h4-13,15H,1-3H3,(H,23,27). The van der Waals surface area contributed by atoms with Crippen LogP contribution in [0.3, 0.4) is 0 Å². The molecule has 0 aliphatic carbocycles. The Morgan fingerprint density at radius 3 is 2.30 bits per heavy atom. The number of para-hydroxylation sites is 1. The molecule has 1 atom stereocenters. The number of benzene rings is 2. The second-order valence-corrected chi connectivity index (χ2v) is 6.71. The lowest BCUT2D eigenvalue weighted by atomic mass is 10.1. The monoisotopic (exact) mass is 407 g/mol. The number of aromatic nitrogens is 2. The van der Waals surface area contributed by atoms with Crippen molar-refractivity contribution < 1.29 is 19.1 Å². The van der Waals surface area contributed by atoms with Crippen LogP contribution in [0.1, 0.15) is 33.3 Å². The molecule has 8 heteroatoms. The molecule has 0 spiro atoms. The number of aldehydes is 1. The van der Waals surface area contributed by atoms with E-state index in [9.17, 15) is 19.2 Å². The van der Waals surface area contributed by atoms with E-state index in [2.05, 4.69) is 5.32 Å². The second-order valence-electron chi connectivity index (χ2n) is 6.71. The average molecular weight is 407 g/mol. The van der Waals surface area contributed by atoms with E-state index < -0.39 is 23.5 Å². The maximum atomic E-state index is 12.9. The quantitative estimate of drug-likeness (QED) is 0.500. The fourth-order valence-corrected chi connectivity index (χ4v) is 2.92. The van der Waals surface area contributed by atoms with Crippen LogP contribution >= 0.6 is 0 Å². The molecule has 3 aromatic rings. The van der Waals surface area contributed by atoms with Crippen molar-refractivity contribution in [3.63, 3.8) is 0 Å². The van der Waals surface area contributed by atoms with Gasteiger partial charge in [0.05, 0.1) is 16.9 Å². The van der Waals surface area contributed by atoms with Crippen LogP contribution in [-0.2, 0) is 16.6 Å². The van der Waals surface area contributed by atoms with E-state index >= 15 is 0 Å². The molecule has 1 amide bonds. The number of nitrogens with one attached hydrogen (secondary N) is 1. The molecule has 0 fully saturated rings. The van der Waals surface area contributed by atoms with Gasteiger partial charge in [-0.2, -0.15) is 0 Å². The number of hydrogen-bond acceptors (Lipinski definition) is 5. The summed E-state index contributed by atoms with van der Waals surface area (Å²) in [4.78, 5) is 48.3. The highest BCUT2D eigenvalue weighted by Crippen LogP contribution is 2.15. The van der Waals surface area contributed by atoms with E-state index in [1.54, 1.807) is 30.8 Å². The molecule has 1 heterocycles. The molecule has 30 heavy (non-hydrogen) atoms. The molecule has 154 valence electrons. The van der Waals surface area contributed by atoms with Gasteiger partial charge in [-0.1, -0.05) is 30.3 Å². The van der Waals surface area contributed by atoms with E-state index in [1.807, 2.05) is 18.2 Å². The number of carbonyl (C=O) groups is 3. The third kappa shape index (κ3) is 4.07. The van der Waals surface area contributed by atoms with Gasteiger partial charge in [-0.3, -0.25) is 19.1 Å². The summed E-state index contributed by atoms with van der Waals surface area (Å²) in [5, 5.41) is 2.57. The topological polar surface area (TPSA) is 99.4 Å². The summed E-state index contributed by atoms with van der Waals surface area (Å²) in [5.74, 6) is -1.33. The lowest BCUT2D eigenvalue weighted by molar-refractivity contribution is -0.123. The van der Waals surface area contributed by atoms with Crippen molar-refractivity contribution in [2.24, 2.45) is 7.05 Å². The minimum Gasteiger partial charge on any atom is -0.449 e. The molecule has 0 aliphatic rings. The van der Waals surface area contributed by atoms with Gasteiger partial charge in [-0.15, -0.1) is 0 Å². The minimum atomic E-state index is -1.13. The van der Waals surface area contributed by atoms with Crippen molar-refractivity contribution >= 4 is 23.9 Å². The first-order chi connectivity index (χ1) is 14.3. The van der Waals surface area contributed by atoms with Crippen LogP contribution in [0, 0.1) is 6.92 Å². The Balaban J connectivity index is 1.76. The lowest BCUT2D eigenvalue weighted by Crippen LogP contribution is -2.32. The molecule has 1 unspecified atom stereocenters. The Labute approximate surface area is 172 Å². The number of esters is 1. The van der Waals surface area contributed by atoms with Gasteiger partial charge < -0.3 is 10.1 Å². The molecule has 2 aromatic carbocycles. The third-order valence-electron chi connectivity index (χ3n) is 4.74. The number of nitrogens with zero attached hydrogens (tertiary/aromatic N) is 2. The van der Waals surface area contributed by atoms with E-state index in [4.69, 9.17) is 4.74 Å². The van der Waals surface area contributed by atoms with Crippen molar-refractivity contribution in [2.45, 2.75) is 20.0 Å². The summed E-state index contributed by atoms with van der Waals surface area (Å²) in [7, 11) is 1.71. The fourth-order valence-electron chi connectivity index (χ4n) is 2.92. The predicted octanol–water partition coefficient (Wildman–Crippen LogP) is 2.48. The van der Waals surface area contributed by atoms with Crippen LogP contribution in [0.2, 0.25) is 0 Å². The summed E-state index contributed by atoms with van der Waals surface area (Å²) in [5.41, 5.74) is 1.57. The van der Waals surface area contributed by atoms with Crippen molar-refractivity contribution in [1.29, 1.82) is 0 Å². The highest BCUT2D eigenvalue weighted by Gasteiger charge is 2.23. The maximum absolute atomic E-state index is 12.9. The maximum Gasteiger partial charge on any atom is 0.338 e. The Morgan fingerprint density at radius 1 is 1.07 bits per heavy atom. The second kappa shape index (κ2) is 8.60. The van der Waals surface area contributed by atoms with Crippen LogP contribution < -0.4 is 10.9 Å². The molecule has 0 aliphatic heterocycles. The van der Waals surface area contributed by atoms with E-state index in [0.29, 0.717) is 23.2 Å². The Morgan fingerprint density at radius 2 is 1.70 bits per heavy atom. The highest BCUT2D eigenvalue weighted by molar-refractivity contribution is 5.97. The van der Waals surface area contributed by atoms with Gasteiger partial charge in [0.1, 0.15) is 12.0 Å². The molecule has 1 N–H and O–H groups in total. The van der Waals surface area contributed by atoms with Crippen LogP contribution in [0.4, 0.5) is 5.69 Å². The number of amides is 1. The van der Waals surface area contributed by atoms with Gasteiger partial charge in [0.15, 0.2) is 6.10 Å². The van der Waals surface area contributed by atoms with Crippen LogP contribution in [0.15, 0.2) is 59.4 Å². The Bertz CT molecular complexity index is 1140. The van der Waals surface area contributed by atoms with Gasteiger partial charge >= 0.3 is 5.97 Å². The molecule has 3 rings (SSSR count). The SMILES string of the molecule is Cc1c(NC(=O)C(C)OC(=O)c2ccc(C=O)cc2)c(=O)n(-c2ccccc2)n1C. The molecule has 0 radical (unpaired) electrons.